The van der Waals surface area contributed by atoms with Gasteiger partial charge in [-0.05, 0) is 36.8 Å². The molecule has 0 saturated carbocycles. The summed E-state index contributed by atoms with van der Waals surface area (Å²) in [5.41, 5.74) is 0.829. The first-order chi connectivity index (χ1) is 13.4. The normalized spacial score (nSPS) is 10.6. The molecule has 8 heteroatoms. The number of hydrogen-bond acceptors (Lipinski definition) is 7. The molecule has 0 amide bonds. The first kappa shape index (κ1) is 20.8. The van der Waals surface area contributed by atoms with Gasteiger partial charge in [-0.2, -0.15) is 0 Å². The molecule has 0 bridgehead atoms. The van der Waals surface area contributed by atoms with Crippen LogP contribution in [-0.4, -0.2) is 50.0 Å². The molecule has 1 N–H and O–H groups in total. The number of hydrogen-bond donors (Lipinski definition) is 1. The minimum atomic E-state index is -1.21. The van der Waals surface area contributed by atoms with Crippen LogP contribution >= 0.6 is 0 Å². The zero-order chi connectivity index (χ0) is 20.7. The molecule has 1 aromatic carbocycles. The van der Waals surface area contributed by atoms with Gasteiger partial charge < -0.3 is 24.1 Å². The summed E-state index contributed by atoms with van der Waals surface area (Å²) in [7, 11) is 4.51. The molecule has 1 heterocycles. The number of aromatic nitrogens is 1. The predicted octanol–water partition coefficient (Wildman–Crippen LogP) is 3.15. The monoisotopic (exact) mass is 387 g/mol. The highest BCUT2D eigenvalue weighted by Crippen LogP contribution is 2.38. The van der Waals surface area contributed by atoms with Gasteiger partial charge in [0.25, 0.3) is 0 Å². The van der Waals surface area contributed by atoms with Gasteiger partial charge in [0.2, 0.25) is 5.75 Å². The molecule has 0 aliphatic rings. The van der Waals surface area contributed by atoms with Crippen LogP contribution in [0.25, 0.3) is 12.2 Å². The highest BCUT2D eigenvalue weighted by molar-refractivity contribution is 5.97. The van der Waals surface area contributed by atoms with E-state index in [1.54, 1.807) is 25.1 Å². The summed E-state index contributed by atoms with van der Waals surface area (Å²) in [6, 6.07) is 4.67. The highest BCUT2D eigenvalue weighted by Gasteiger charge is 2.16. The number of ether oxygens (including phenoxy) is 4. The van der Waals surface area contributed by atoms with Crippen LogP contribution in [0, 0.1) is 0 Å². The molecule has 0 spiro atoms. The van der Waals surface area contributed by atoms with Crippen molar-refractivity contribution in [1.82, 2.24) is 4.98 Å². The summed E-state index contributed by atoms with van der Waals surface area (Å²) in [4.78, 5) is 27.4. The molecular formula is C20H21NO7. The standard InChI is InChI=1S/C20H21NO7/c1-5-28-20(24)13-10-14(19(22)23)15(21-11-13)7-6-12-8-16(25-2)18(27-4)17(9-12)26-3/h6-11H,5H2,1-4H3,(H,22,23)/b7-6+. The van der Waals surface area contributed by atoms with Gasteiger partial charge in [0.1, 0.15) is 0 Å². The molecule has 0 fully saturated rings. The molecule has 0 atom stereocenters. The van der Waals surface area contributed by atoms with Crippen molar-refractivity contribution in [3.63, 3.8) is 0 Å². The number of rotatable bonds is 8. The number of carboxylic acids is 1. The van der Waals surface area contributed by atoms with E-state index < -0.39 is 11.9 Å². The fraction of sp³-hybridized carbons (Fsp3) is 0.250. The second-order valence-electron chi connectivity index (χ2n) is 5.47. The number of aromatic carboxylic acids is 1. The quantitative estimate of drug-likeness (QED) is 0.689. The zero-order valence-electron chi connectivity index (χ0n) is 16.0. The third-order valence-corrected chi connectivity index (χ3v) is 3.78. The van der Waals surface area contributed by atoms with Crippen LogP contribution in [0.4, 0.5) is 0 Å². The lowest BCUT2D eigenvalue weighted by atomic mass is 10.1. The summed E-state index contributed by atoms with van der Waals surface area (Å²) < 4.78 is 20.7. The van der Waals surface area contributed by atoms with Crippen molar-refractivity contribution in [2.45, 2.75) is 6.92 Å². The summed E-state index contributed by atoms with van der Waals surface area (Å²) in [5, 5.41) is 9.45. The predicted molar refractivity (Wildman–Crippen MR) is 102 cm³/mol. The van der Waals surface area contributed by atoms with Crippen LogP contribution in [0.1, 0.15) is 38.9 Å². The smallest absolute Gasteiger partial charge is 0.339 e. The van der Waals surface area contributed by atoms with E-state index in [-0.39, 0.29) is 23.4 Å². The van der Waals surface area contributed by atoms with Gasteiger partial charge in [-0.15, -0.1) is 0 Å². The number of pyridine rings is 1. The topological polar surface area (TPSA) is 104 Å². The maximum atomic E-state index is 11.8. The van der Waals surface area contributed by atoms with Crippen molar-refractivity contribution in [3.8, 4) is 17.2 Å². The number of carbonyl (C=O) groups is 2. The van der Waals surface area contributed by atoms with Crippen LogP contribution in [0.3, 0.4) is 0 Å². The lowest BCUT2D eigenvalue weighted by Crippen LogP contribution is -2.09. The van der Waals surface area contributed by atoms with Crippen LogP contribution in [0.15, 0.2) is 24.4 Å². The van der Waals surface area contributed by atoms with E-state index in [1.807, 2.05) is 0 Å². The second-order valence-corrected chi connectivity index (χ2v) is 5.47. The number of benzene rings is 1. The van der Waals surface area contributed by atoms with E-state index >= 15 is 0 Å². The Kier molecular flexibility index (Phi) is 6.97. The van der Waals surface area contributed by atoms with Gasteiger partial charge in [-0.1, -0.05) is 6.08 Å². The first-order valence-electron chi connectivity index (χ1n) is 8.33. The van der Waals surface area contributed by atoms with Crippen molar-refractivity contribution < 1.29 is 33.6 Å². The molecular weight excluding hydrogens is 366 g/mol. The highest BCUT2D eigenvalue weighted by atomic mass is 16.5. The fourth-order valence-electron chi connectivity index (χ4n) is 2.48. The SMILES string of the molecule is CCOC(=O)c1cnc(/C=C/c2cc(OC)c(OC)c(OC)c2)c(C(=O)O)c1. The lowest BCUT2D eigenvalue weighted by molar-refractivity contribution is 0.0526. The van der Waals surface area contributed by atoms with Crippen molar-refractivity contribution in [1.29, 1.82) is 0 Å². The Bertz CT molecular complexity index is 880. The number of nitrogens with zero attached hydrogens (tertiary/aromatic N) is 1. The lowest BCUT2D eigenvalue weighted by Gasteiger charge is -2.12. The Balaban J connectivity index is 2.43. The molecule has 148 valence electrons. The summed E-state index contributed by atoms with van der Waals surface area (Å²) in [6.45, 7) is 1.85. The van der Waals surface area contributed by atoms with Gasteiger partial charge in [0, 0.05) is 6.20 Å². The molecule has 2 aromatic rings. The van der Waals surface area contributed by atoms with E-state index in [1.165, 1.54) is 39.7 Å². The summed E-state index contributed by atoms with van der Waals surface area (Å²) in [6.07, 6.45) is 4.46. The Hall–Kier alpha value is -3.55. The molecule has 0 radical (unpaired) electrons. The molecule has 0 unspecified atom stereocenters. The second kappa shape index (κ2) is 9.40. The van der Waals surface area contributed by atoms with E-state index in [0.29, 0.717) is 22.8 Å². The molecule has 0 aliphatic carbocycles. The molecule has 2 rings (SSSR count). The molecule has 0 saturated heterocycles. The maximum Gasteiger partial charge on any atom is 0.339 e. The van der Waals surface area contributed by atoms with E-state index in [4.69, 9.17) is 18.9 Å². The van der Waals surface area contributed by atoms with Crippen LogP contribution in [0.2, 0.25) is 0 Å². The van der Waals surface area contributed by atoms with Crippen molar-refractivity contribution in [2.75, 3.05) is 27.9 Å². The van der Waals surface area contributed by atoms with Crippen molar-refractivity contribution in [3.05, 3.63) is 46.8 Å². The van der Waals surface area contributed by atoms with E-state index in [2.05, 4.69) is 4.98 Å². The number of carbonyl (C=O) groups excluding carboxylic acids is 1. The third-order valence-electron chi connectivity index (χ3n) is 3.78. The third kappa shape index (κ3) is 4.59. The summed E-state index contributed by atoms with van der Waals surface area (Å²) in [5.74, 6) is -0.456. The first-order valence-corrected chi connectivity index (χ1v) is 8.33. The zero-order valence-corrected chi connectivity index (χ0v) is 16.0. The minimum absolute atomic E-state index is 0.0733. The Morgan fingerprint density at radius 3 is 2.18 bits per heavy atom. The largest absolute Gasteiger partial charge is 0.493 e. The fourth-order valence-corrected chi connectivity index (χ4v) is 2.48. The van der Waals surface area contributed by atoms with E-state index in [0.717, 1.165) is 0 Å². The average molecular weight is 387 g/mol. The van der Waals surface area contributed by atoms with Gasteiger partial charge in [0.15, 0.2) is 11.5 Å². The van der Waals surface area contributed by atoms with Gasteiger partial charge >= 0.3 is 11.9 Å². The van der Waals surface area contributed by atoms with Gasteiger partial charge in [-0.3, -0.25) is 4.98 Å². The van der Waals surface area contributed by atoms with Gasteiger partial charge in [-0.25, -0.2) is 9.59 Å². The minimum Gasteiger partial charge on any atom is -0.493 e. The van der Waals surface area contributed by atoms with Crippen LogP contribution < -0.4 is 14.2 Å². The maximum absolute atomic E-state index is 11.8. The number of carboxylic acid groups (broad SMARTS) is 1. The van der Waals surface area contributed by atoms with Crippen LogP contribution in [0.5, 0.6) is 17.2 Å². The van der Waals surface area contributed by atoms with Crippen molar-refractivity contribution >= 4 is 24.1 Å². The van der Waals surface area contributed by atoms with E-state index in [9.17, 15) is 14.7 Å². The Morgan fingerprint density at radius 2 is 1.68 bits per heavy atom. The Morgan fingerprint density at radius 1 is 1.04 bits per heavy atom. The molecule has 8 nitrogen and oxygen atoms in total. The summed E-state index contributed by atoms with van der Waals surface area (Å²) >= 11 is 0. The molecule has 1 aromatic heterocycles. The van der Waals surface area contributed by atoms with Gasteiger partial charge in [0.05, 0.1) is 44.8 Å². The molecule has 28 heavy (non-hydrogen) atoms. The van der Waals surface area contributed by atoms with Crippen molar-refractivity contribution in [2.24, 2.45) is 0 Å². The average Bonchev–Trinajstić information content (AvgIpc) is 2.71. The number of methoxy groups -OCH3 is 3. The Labute approximate surface area is 162 Å². The molecule has 0 aliphatic heterocycles. The number of esters is 1. The van der Waals surface area contributed by atoms with Crippen LogP contribution in [-0.2, 0) is 4.74 Å².